The van der Waals surface area contributed by atoms with Crippen molar-refractivity contribution < 1.29 is 14.6 Å². The molecule has 0 bridgehead atoms. The third kappa shape index (κ3) is 2.23. The van der Waals surface area contributed by atoms with Crippen molar-refractivity contribution in [3.05, 3.63) is 42.2 Å². The quantitative estimate of drug-likeness (QED) is 0.871. The van der Waals surface area contributed by atoms with E-state index < -0.39 is 5.97 Å². The average molecular weight is 230 g/mol. The number of carboxylic acids is 1. The van der Waals surface area contributed by atoms with Crippen molar-refractivity contribution in [3.63, 3.8) is 0 Å². The van der Waals surface area contributed by atoms with E-state index in [2.05, 4.69) is 10.2 Å². The third-order valence-electron chi connectivity index (χ3n) is 2.36. The number of rotatable bonds is 3. The Labute approximate surface area is 97.7 Å². The summed E-state index contributed by atoms with van der Waals surface area (Å²) in [5, 5.41) is 16.3. The summed E-state index contributed by atoms with van der Waals surface area (Å²) in [6.45, 7) is 0. The van der Waals surface area contributed by atoms with Crippen LogP contribution in [0, 0.1) is 0 Å². The van der Waals surface area contributed by atoms with Crippen LogP contribution >= 0.6 is 0 Å². The third-order valence-corrected chi connectivity index (χ3v) is 2.36. The Bertz CT molecular complexity index is 538. The van der Waals surface area contributed by atoms with Gasteiger partial charge in [-0.2, -0.15) is 10.2 Å². The average Bonchev–Trinajstić information content (AvgIpc) is 2.39. The second-order valence-corrected chi connectivity index (χ2v) is 3.35. The van der Waals surface area contributed by atoms with Gasteiger partial charge < -0.3 is 9.84 Å². The molecule has 0 radical (unpaired) electrons. The summed E-state index contributed by atoms with van der Waals surface area (Å²) < 4.78 is 5.04. The molecule has 0 fully saturated rings. The smallest absolute Gasteiger partial charge is 0.338 e. The lowest BCUT2D eigenvalue weighted by molar-refractivity contribution is 0.0697. The highest BCUT2D eigenvalue weighted by molar-refractivity contribution is 5.95. The van der Waals surface area contributed by atoms with Gasteiger partial charge in [-0.1, -0.05) is 12.1 Å². The molecule has 0 spiro atoms. The standard InChI is InChI=1S/C12H10N2O3/c1-17-9-4-2-8(3-5-9)10-6-13-14-7-11(10)12(15)16/h2-7H,1H3,(H,15,16). The Morgan fingerprint density at radius 3 is 2.41 bits per heavy atom. The summed E-state index contributed by atoms with van der Waals surface area (Å²) >= 11 is 0. The molecule has 5 heteroatoms. The Morgan fingerprint density at radius 2 is 1.82 bits per heavy atom. The molecular weight excluding hydrogens is 220 g/mol. The highest BCUT2D eigenvalue weighted by Gasteiger charge is 2.12. The van der Waals surface area contributed by atoms with E-state index in [1.54, 1.807) is 31.4 Å². The number of hydrogen-bond donors (Lipinski definition) is 1. The van der Waals surface area contributed by atoms with Crippen molar-refractivity contribution in [3.8, 4) is 16.9 Å². The van der Waals surface area contributed by atoms with E-state index >= 15 is 0 Å². The summed E-state index contributed by atoms with van der Waals surface area (Å²) in [6.07, 6.45) is 2.67. The molecule has 2 rings (SSSR count). The van der Waals surface area contributed by atoms with Crippen LogP contribution in [0.15, 0.2) is 36.7 Å². The first-order valence-electron chi connectivity index (χ1n) is 4.91. The minimum Gasteiger partial charge on any atom is -0.497 e. The zero-order chi connectivity index (χ0) is 12.3. The molecule has 1 aromatic heterocycles. The van der Waals surface area contributed by atoms with Crippen LogP contribution in [0.25, 0.3) is 11.1 Å². The summed E-state index contributed by atoms with van der Waals surface area (Å²) in [5.74, 6) is -0.307. The minimum absolute atomic E-state index is 0.130. The van der Waals surface area contributed by atoms with Crippen molar-refractivity contribution in [2.24, 2.45) is 0 Å². The van der Waals surface area contributed by atoms with Crippen molar-refractivity contribution in [2.75, 3.05) is 7.11 Å². The minimum atomic E-state index is -1.02. The number of nitrogens with zero attached hydrogens (tertiary/aromatic N) is 2. The lowest BCUT2D eigenvalue weighted by atomic mass is 10.0. The fourth-order valence-corrected chi connectivity index (χ4v) is 1.49. The fraction of sp³-hybridized carbons (Fsp3) is 0.0833. The van der Waals surface area contributed by atoms with Gasteiger partial charge >= 0.3 is 5.97 Å². The lowest BCUT2D eigenvalue weighted by Crippen LogP contribution is -2.01. The maximum absolute atomic E-state index is 11.0. The first-order valence-corrected chi connectivity index (χ1v) is 4.91. The maximum atomic E-state index is 11.0. The van der Waals surface area contributed by atoms with Gasteiger partial charge in [0.1, 0.15) is 5.75 Å². The lowest BCUT2D eigenvalue weighted by Gasteiger charge is -2.05. The molecule has 0 aliphatic rings. The van der Waals surface area contributed by atoms with Gasteiger partial charge in [-0.25, -0.2) is 4.79 Å². The first-order chi connectivity index (χ1) is 8.22. The topological polar surface area (TPSA) is 72.3 Å². The summed E-state index contributed by atoms with van der Waals surface area (Å²) in [4.78, 5) is 11.0. The largest absolute Gasteiger partial charge is 0.497 e. The molecular formula is C12H10N2O3. The number of carboxylic acid groups (broad SMARTS) is 1. The second-order valence-electron chi connectivity index (χ2n) is 3.35. The van der Waals surface area contributed by atoms with Gasteiger partial charge in [0.15, 0.2) is 0 Å². The molecule has 0 unspecified atom stereocenters. The highest BCUT2D eigenvalue weighted by atomic mass is 16.5. The number of hydrogen-bond acceptors (Lipinski definition) is 4. The summed E-state index contributed by atoms with van der Waals surface area (Å²) in [5.41, 5.74) is 1.43. The van der Waals surface area contributed by atoms with Crippen LogP contribution in [-0.2, 0) is 0 Å². The Hall–Kier alpha value is -2.43. The van der Waals surface area contributed by atoms with Crippen molar-refractivity contribution in [2.45, 2.75) is 0 Å². The van der Waals surface area contributed by atoms with Crippen LogP contribution in [0.5, 0.6) is 5.75 Å². The molecule has 1 heterocycles. The van der Waals surface area contributed by atoms with Gasteiger partial charge in [-0.3, -0.25) is 0 Å². The summed E-state index contributed by atoms with van der Waals surface area (Å²) in [6, 6.07) is 7.09. The van der Waals surface area contributed by atoms with E-state index in [-0.39, 0.29) is 5.56 Å². The zero-order valence-electron chi connectivity index (χ0n) is 9.12. The van der Waals surface area contributed by atoms with E-state index in [1.807, 2.05) is 0 Å². The van der Waals surface area contributed by atoms with Gasteiger partial charge in [0, 0.05) is 5.56 Å². The molecule has 1 N–H and O–H groups in total. The van der Waals surface area contributed by atoms with E-state index in [0.717, 1.165) is 5.56 Å². The number of methoxy groups -OCH3 is 1. The molecule has 0 atom stereocenters. The highest BCUT2D eigenvalue weighted by Crippen LogP contribution is 2.24. The van der Waals surface area contributed by atoms with Crippen LogP contribution in [0.4, 0.5) is 0 Å². The van der Waals surface area contributed by atoms with E-state index in [4.69, 9.17) is 9.84 Å². The van der Waals surface area contributed by atoms with Crippen LogP contribution in [0.3, 0.4) is 0 Å². The number of ether oxygens (including phenoxy) is 1. The van der Waals surface area contributed by atoms with Gasteiger partial charge in [0.05, 0.1) is 25.1 Å². The van der Waals surface area contributed by atoms with Crippen LogP contribution in [-0.4, -0.2) is 28.4 Å². The molecule has 2 aromatic rings. The van der Waals surface area contributed by atoms with Crippen LogP contribution < -0.4 is 4.74 Å². The molecule has 0 aliphatic heterocycles. The number of aromatic carboxylic acids is 1. The Kier molecular flexibility index (Phi) is 3.00. The maximum Gasteiger partial charge on any atom is 0.338 e. The van der Waals surface area contributed by atoms with E-state index in [0.29, 0.717) is 11.3 Å². The van der Waals surface area contributed by atoms with Crippen LogP contribution in [0.2, 0.25) is 0 Å². The SMILES string of the molecule is COc1ccc(-c2cnncc2C(=O)O)cc1. The normalized spacial score (nSPS) is 9.94. The monoisotopic (exact) mass is 230 g/mol. The van der Waals surface area contributed by atoms with Crippen LogP contribution in [0.1, 0.15) is 10.4 Å². The molecule has 0 amide bonds. The zero-order valence-corrected chi connectivity index (χ0v) is 9.12. The van der Waals surface area contributed by atoms with Crippen molar-refractivity contribution >= 4 is 5.97 Å². The van der Waals surface area contributed by atoms with Gasteiger partial charge in [0.2, 0.25) is 0 Å². The second kappa shape index (κ2) is 4.61. The number of carbonyl (C=O) groups is 1. The first kappa shape index (κ1) is 11.1. The molecule has 0 saturated carbocycles. The van der Waals surface area contributed by atoms with E-state index in [1.165, 1.54) is 12.4 Å². The predicted molar refractivity (Wildman–Crippen MR) is 61.0 cm³/mol. The summed E-state index contributed by atoms with van der Waals surface area (Å²) in [7, 11) is 1.58. The molecule has 0 saturated heterocycles. The van der Waals surface area contributed by atoms with Crippen molar-refractivity contribution in [1.29, 1.82) is 0 Å². The molecule has 17 heavy (non-hydrogen) atoms. The fourth-order valence-electron chi connectivity index (χ4n) is 1.49. The predicted octanol–water partition coefficient (Wildman–Crippen LogP) is 1.85. The number of aromatic nitrogens is 2. The molecule has 1 aromatic carbocycles. The van der Waals surface area contributed by atoms with Gasteiger partial charge in [0.25, 0.3) is 0 Å². The van der Waals surface area contributed by atoms with Gasteiger partial charge in [-0.15, -0.1) is 0 Å². The molecule has 86 valence electrons. The molecule has 5 nitrogen and oxygen atoms in total. The Balaban J connectivity index is 2.48. The Morgan fingerprint density at radius 1 is 1.18 bits per heavy atom. The van der Waals surface area contributed by atoms with E-state index in [9.17, 15) is 4.79 Å². The van der Waals surface area contributed by atoms with Crippen molar-refractivity contribution in [1.82, 2.24) is 10.2 Å². The molecule has 0 aliphatic carbocycles. The number of benzene rings is 1. The van der Waals surface area contributed by atoms with Gasteiger partial charge in [-0.05, 0) is 17.7 Å².